The lowest BCUT2D eigenvalue weighted by atomic mass is 9.69. The third-order valence-electron chi connectivity index (χ3n) is 8.77. The molecule has 29 heavy (non-hydrogen) atoms. The van der Waals surface area contributed by atoms with Crippen LogP contribution in [0.2, 0.25) is 0 Å². The van der Waals surface area contributed by atoms with Gasteiger partial charge in [-0.2, -0.15) is 0 Å². The van der Waals surface area contributed by atoms with Crippen LogP contribution < -0.4 is 0 Å². The van der Waals surface area contributed by atoms with Crippen molar-refractivity contribution in [1.29, 1.82) is 0 Å². The summed E-state index contributed by atoms with van der Waals surface area (Å²) in [7, 11) is 0. The molecule has 0 N–H and O–H groups in total. The number of benzene rings is 3. The number of aryl methyl sites for hydroxylation is 6. The summed E-state index contributed by atoms with van der Waals surface area (Å²) < 4.78 is 0. The van der Waals surface area contributed by atoms with Gasteiger partial charge >= 0.3 is 0 Å². The first-order chi connectivity index (χ1) is 13.8. The maximum Gasteiger partial charge on any atom is 0.0173 e. The summed E-state index contributed by atoms with van der Waals surface area (Å²) in [5.41, 5.74) is 18.9. The molecule has 0 aliphatic heterocycles. The van der Waals surface area contributed by atoms with E-state index in [0.717, 1.165) is 0 Å². The number of rotatable bonds is 0. The Labute approximate surface area is 175 Å². The minimum absolute atomic E-state index is 0.206. The van der Waals surface area contributed by atoms with Gasteiger partial charge in [-0.3, -0.25) is 0 Å². The van der Waals surface area contributed by atoms with Crippen molar-refractivity contribution in [3.05, 3.63) is 103 Å². The average molecular weight is 379 g/mol. The third kappa shape index (κ3) is 1.75. The minimum atomic E-state index is 0.206. The summed E-state index contributed by atoms with van der Waals surface area (Å²) >= 11 is 0. The first-order valence-electron chi connectivity index (χ1n) is 11.1. The molecule has 3 aliphatic rings. The van der Waals surface area contributed by atoms with Gasteiger partial charge in [-0.25, -0.2) is 0 Å². The molecule has 146 valence electrons. The Morgan fingerprint density at radius 2 is 0.586 bits per heavy atom. The quantitative estimate of drug-likeness (QED) is 0.385. The monoisotopic (exact) mass is 378 g/mol. The Morgan fingerprint density at radius 1 is 0.414 bits per heavy atom. The van der Waals surface area contributed by atoms with E-state index in [4.69, 9.17) is 0 Å². The minimum Gasteiger partial charge on any atom is -0.0587 e. The molecule has 0 amide bonds. The summed E-state index contributed by atoms with van der Waals surface area (Å²) in [4.78, 5) is 0. The molecule has 0 unspecified atom stereocenters. The Kier molecular flexibility index (Phi) is 3.15. The van der Waals surface area contributed by atoms with Crippen LogP contribution in [0.3, 0.4) is 0 Å². The standard InChI is InChI=1S/C29H30/c1-14-8-9-15(2)21-20(14)26-22-16(3)10-11-17(4)23(22)28-25-19(6)13-12-18(5)24(25)27(21)29(26,28)7/h8-13,26-28H,1-7H3. The van der Waals surface area contributed by atoms with Crippen LogP contribution in [0.15, 0.2) is 36.4 Å². The van der Waals surface area contributed by atoms with Gasteiger partial charge < -0.3 is 0 Å². The van der Waals surface area contributed by atoms with Gasteiger partial charge in [0.15, 0.2) is 0 Å². The van der Waals surface area contributed by atoms with Gasteiger partial charge in [0.25, 0.3) is 0 Å². The van der Waals surface area contributed by atoms with Crippen molar-refractivity contribution in [2.75, 3.05) is 0 Å². The van der Waals surface area contributed by atoms with Gasteiger partial charge in [0, 0.05) is 23.2 Å². The fraction of sp³-hybridized carbons (Fsp3) is 0.379. The molecule has 0 nitrogen and oxygen atoms in total. The van der Waals surface area contributed by atoms with Gasteiger partial charge in [-0.05, 0) is 108 Å². The maximum atomic E-state index is 2.61. The van der Waals surface area contributed by atoms with Crippen LogP contribution in [0.4, 0.5) is 0 Å². The molecule has 0 radical (unpaired) electrons. The number of hydrogen-bond acceptors (Lipinski definition) is 0. The van der Waals surface area contributed by atoms with Crippen molar-refractivity contribution in [2.24, 2.45) is 5.41 Å². The number of fused-ring (bicyclic) bond motifs is 9. The van der Waals surface area contributed by atoms with Gasteiger partial charge in [0.05, 0.1) is 0 Å². The average Bonchev–Trinajstić information content (AvgIpc) is 3.22. The highest BCUT2D eigenvalue weighted by Crippen LogP contribution is 2.77. The van der Waals surface area contributed by atoms with Crippen LogP contribution in [0, 0.1) is 47.0 Å². The summed E-state index contributed by atoms with van der Waals surface area (Å²) in [5.74, 6) is 1.52. The maximum absolute atomic E-state index is 2.61. The topological polar surface area (TPSA) is 0 Å². The second kappa shape index (κ2) is 5.22. The summed E-state index contributed by atoms with van der Waals surface area (Å²) in [6.07, 6.45) is 0. The van der Waals surface area contributed by atoms with Crippen LogP contribution in [-0.4, -0.2) is 0 Å². The van der Waals surface area contributed by atoms with E-state index in [9.17, 15) is 0 Å². The van der Waals surface area contributed by atoms with Crippen molar-refractivity contribution in [3.63, 3.8) is 0 Å². The van der Waals surface area contributed by atoms with Crippen molar-refractivity contribution in [3.8, 4) is 0 Å². The Bertz CT molecular complexity index is 999. The number of hydrogen-bond donors (Lipinski definition) is 0. The van der Waals surface area contributed by atoms with Gasteiger partial charge in [-0.1, -0.05) is 43.3 Å². The Hall–Kier alpha value is -2.34. The second-order valence-electron chi connectivity index (χ2n) is 10.2. The van der Waals surface area contributed by atoms with Gasteiger partial charge in [0.1, 0.15) is 0 Å². The Morgan fingerprint density at radius 3 is 0.759 bits per heavy atom. The van der Waals surface area contributed by atoms with E-state index in [1.54, 1.807) is 33.4 Å². The van der Waals surface area contributed by atoms with Gasteiger partial charge in [-0.15, -0.1) is 0 Å². The van der Waals surface area contributed by atoms with E-state index >= 15 is 0 Å². The van der Waals surface area contributed by atoms with Crippen LogP contribution in [0.1, 0.15) is 91.4 Å². The molecular formula is C29H30. The van der Waals surface area contributed by atoms with Crippen LogP contribution in [-0.2, 0) is 0 Å². The molecule has 0 heterocycles. The van der Waals surface area contributed by atoms with Crippen LogP contribution in [0.25, 0.3) is 0 Å². The fourth-order valence-electron chi connectivity index (χ4n) is 7.66. The van der Waals surface area contributed by atoms with Crippen molar-refractivity contribution in [2.45, 2.75) is 66.2 Å². The fourth-order valence-corrected chi connectivity index (χ4v) is 7.66. The molecule has 3 aliphatic carbocycles. The highest BCUT2D eigenvalue weighted by molar-refractivity contribution is 5.74. The van der Waals surface area contributed by atoms with E-state index in [1.165, 1.54) is 33.4 Å². The third-order valence-corrected chi connectivity index (χ3v) is 8.77. The van der Waals surface area contributed by atoms with E-state index in [2.05, 4.69) is 84.9 Å². The van der Waals surface area contributed by atoms with Crippen molar-refractivity contribution >= 4 is 0 Å². The van der Waals surface area contributed by atoms with Crippen molar-refractivity contribution < 1.29 is 0 Å². The van der Waals surface area contributed by atoms with E-state index in [-0.39, 0.29) is 5.41 Å². The smallest absolute Gasteiger partial charge is 0.0173 e. The predicted octanol–water partition coefficient (Wildman–Crippen LogP) is 7.28. The van der Waals surface area contributed by atoms with E-state index < -0.39 is 0 Å². The first-order valence-corrected chi connectivity index (χ1v) is 11.1. The van der Waals surface area contributed by atoms with Crippen molar-refractivity contribution in [1.82, 2.24) is 0 Å². The molecular weight excluding hydrogens is 348 g/mol. The summed E-state index contributed by atoms with van der Waals surface area (Å²) in [5, 5.41) is 0. The zero-order chi connectivity index (χ0) is 20.4. The normalized spacial score (nSPS) is 27.6. The van der Waals surface area contributed by atoms with Crippen LogP contribution >= 0.6 is 0 Å². The van der Waals surface area contributed by atoms with Crippen LogP contribution in [0.5, 0.6) is 0 Å². The van der Waals surface area contributed by atoms with Gasteiger partial charge in [0.2, 0.25) is 0 Å². The molecule has 3 aromatic rings. The zero-order valence-electron chi connectivity index (χ0n) is 18.7. The molecule has 3 aromatic carbocycles. The first kappa shape index (κ1) is 17.5. The lowest BCUT2D eigenvalue weighted by molar-refractivity contribution is 0.287. The van der Waals surface area contributed by atoms with E-state index in [0.29, 0.717) is 17.8 Å². The molecule has 6 rings (SSSR count). The molecule has 0 saturated heterocycles. The largest absolute Gasteiger partial charge is 0.0587 e. The molecule has 0 fully saturated rings. The zero-order valence-corrected chi connectivity index (χ0v) is 18.7. The predicted molar refractivity (Wildman–Crippen MR) is 121 cm³/mol. The molecule has 0 saturated carbocycles. The lowest BCUT2D eigenvalue weighted by Gasteiger charge is -2.32. The highest BCUT2D eigenvalue weighted by atomic mass is 14.7. The lowest BCUT2D eigenvalue weighted by Crippen LogP contribution is -2.24. The Balaban J connectivity index is 1.88. The summed E-state index contributed by atoms with van der Waals surface area (Å²) in [6, 6.07) is 14.2. The molecule has 0 heteroatoms. The molecule has 0 aromatic heterocycles. The summed E-state index contributed by atoms with van der Waals surface area (Å²) in [6.45, 7) is 16.6. The SMILES string of the molecule is Cc1ccc(C)c2c1C1c3c(C)ccc(C)c3C3c4c(C)ccc(C)c4C2C13C. The molecule has 0 spiro atoms. The van der Waals surface area contributed by atoms with E-state index in [1.807, 2.05) is 0 Å². The highest BCUT2D eigenvalue weighted by Gasteiger charge is 2.66. The molecule has 0 bridgehead atoms. The molecule has 0 atom stereocenters. The second-order valence-corrected chi connectivity index (χ2v) is 10.2.